The van der Waals surface area contributed by atoms with Crippen LogP contribution in [-0.2, 0) is 4.79 Å². The third-order valence-electron chi connectivity index (χ3n) is 3.52. The van der Waals surface area contributed by atoms with Crippen molar-refractivity contribution in [1.29, 1.82) is 5.26 Å². The molecule has 0 amide bonds. The first kappa shape index (κ1) is 20.4. The average Bonchev–Trinajstić information content (AvgIpc) is 2.66. The minimum atomic E-state index is -5.08. The Kier molecular flexibility index (Phi) is 6.00. The minimum Gasteiger partial charge on any atom is -0.475 e. The fourth-order valence-electron chi connectivity index (χ4n) is 2.29. The van der Waals surface area contributed by atoms with E-state index in [-0.39, 0.29) is 5.95 Å². The predicted molar refractivity (Wildman–Crippen MR) is 97.3 cm³/mol. The van der Waals surface area contributed by atoms with E-state index in [1.807, 2.05) is 36.4 Å². The number of carbonyl (C=O) groups is 1. The van der Waals surface area contributed by atoms with Crippen LogP contribution in [-0.4, -0.2) is 34.3 Å². The second-order valence-corrected chi connectivity index (χ2v) is 5.41. The van der Waals surface area contributed by atoms with Gasteiger partial charge in [0, 0.05) is 12.4 Å². The molecule has 0 unspecified atom stereocenters. The van der Waals surface area contributed by atoms with Crippen molar-refractivity contribution in [2.45, 2.75) is 6.18 Å². The largest absolute Gasteiger partial charge is 0.490 e. The number of rotatable bonds is 2. The molecule has 0 aliphatic rings. The van der Waals surface area contributed by atoms with Crippen LogP contribution in [0.25, 0.3) is 22.0 Å². The minimum absolute atomic E-state index is 0.231. The van der Waals surface area contributed by atoms with Gasteiger partial charge in [-0.25, -0.2) is 9.78 Å². The number of halogens is 3. The Morgan fingerprint density at radius 1 is 1.18 bits per heavy atom. The topological polar surface area (TPSA) is 125 Å². The first-order chi connectivity index (χ1) is 13.2. The van der Waals surface area contributed by atoms with Gasteiger partial charge >= 0.3 is 12.1 Å². The van der Waals surface area contributed by atoms with Crippen LogP contribution < -0.4 is 11.1 Å². The highest BCUT2D eigenvalue weighted by atomic mass is 19.4. The number of nitrogens with two attached hydrogens (primary N) is 1. The fourth-order valence-corrected chi connectivity index (χ4v) is 2.29. The van der Waals surface area contributed by atoms with Crippen LogP contribution in [0.2, 0.25) is 0 Å². The summed E-state index contributed by atoms with van der Waals surface area (Å²) in [4.78, 5) is 17.3. The van der Waals surface area contributed by atoms with Crippen LogP contribution in [0.5, 0.6) is 0 Å². The standard InChI is InChI=1S/C16H13N5.C2HF3O2/c1-19-15-13-6-5-12(8-14(13)20-16(18)21-15)11-4-2-3-10(7-11)9-17;3-2(4,5)1(6)7/h2-8H,1H3,(H3,18,19,20,21);(H,6,7). The number of carboxylic acids is 1. The molecule has 0 aliphatic carbocycles. The molecule has 0 saturated heterocycles. The van der Waals surface area contributed by atoms with Crippen LogP contribution in [0.1, 0.15) is 5.56 Å². The summed E-state index contributed by atoms with van der Waals surface area (Å²) in [6.45, 7) is 0. The Labute approximate surface area is 157 Å². The smallest absolute Gasteiger partial charge is 0.475 e. The monoisotopic (exact) mass is 389 g/mol. The van der Waals surface area contributed by atoms with E-state index in [0.29, 0.717) is 11.4 Å². The number of anilines is 2. The second kappa shape index (κ2) is 8.22. The van der Waals surface area contributed by atoms with Gasteiger partial charge in [-0.05, 0) is 35.4 Å². The number of nitriles is 1. The molecule has 3 rings (SSSR count). The molecule has 2 aromatic carbocycles. The zero-order chi connectivity index (χ0) is 20.9. The summed E-state index contributed by atoms with van der Waals surface area (Å²) < 4.78 is 31.7. The summed E-state index contributed by atoms with van der Waals surface area (Å²) in [7, 11) is 1.80. The highest BCUT2D eigenvalue weighted by molar-refractivity contribution is 5.92. The normalized spacial score (nSPS) is 10.5. The lowest BCUT2D eigenvalue weighted by atomic mass is 10.0. The van der Waals surface area contributed by atoms with Crippen molar-refractivity contribution >= 4 is 28.6 Å². The van der Waals surface area contributed by atoms with Gasteiger partial charge in [-0.15, -0.1) is 0 Å². The van der Waals surface area contributed by atoms with Crippen molar-refractivity contribution in [1.82, 2.24) is 9.97 Å². The van der Waals surface area contributed by atoms with Gasteiger partial charge in [-0.1, -0.05) is 18.2 Å². The third kappa shape index (κ3) is 4.85. The van der Waals surface area contributed by atoms with Crippen LogP contribution in [0, 0.1) is 11.3 Å². The number of benzene rings is 2. The molecule has 1 heterocycles. The Balaban J connectivity index is 0.000000345. The summed E-state index contributed by atoms with van der Waals surface area (Å²) >= 11 is 0. The SMILES string of the molecule is CNc1nc(N)nc2cc(-c3cccc(C#N)c3)ccc12.O=C(O)C(F)(F)F. The zero-order valence-electron chi connectivity index (χ0n) is 14.4. The van der Waals surface area contributed by atoms with Gasteiger partial charge in [-0.3, -0.25) is 0 Å². The Hall–Kier alpha value is -3.87. The van der Waals surface area contributed by atoms with E-state index in [0.717, 1.165) is 22.0 Å². The molecule has 0 radical (unpaired) electrons. The van der Waals surface area contributed by atoms with E-state index in [9.17, 15) is 13.2 Å². The molecule has 144 valence electrons. The maximum atomic E-state index is 10.6. The molecule has 0 bridgehead atoms. The summed E-state index contributed by atoms with van der Waals surface area (Å²) in [5.74, 6) is -1.82. The quantitative estimate of drug-likeness (QED) is 0.613. The fraction of sp³-hybridized carbons (Fsp3) is 0.111. The molecule has 0 spiro atoms. The summed E-state index contributed by atoms with van der Waals surface area (Å²) in [6, 6.07) is 15.5. The van der Waals surface area contributed by atoms with E-state index < -0.39 is 12.1 Å². The Morgan fingerprint density at radius 3 is 2.39 bits per heavy atom. The molecule has 0 aliphatic heterocycles. The summed E-state index contributed by atoms with van der Waals surface area (Å²) in [6.07, 6.45) is -5.08. The highest BCUT2D eigenvalue weighted by Gasteiger charge is 2.38. The number of alkyl halides is 3. The molecule has 28 heavy (non-hydrogen) atoms. The van der Waals surface area contributed by atoms with Crippen molar-refractivity contribution in [2.24, 2.45) is 0 Å². The lowest BCUT2D eigenvalue weighted by Gasteiger charge is -2.08. The number of fused-ring (bicyclic) bond motifs is 1. The number of hydrogen-bond donors (Lipinski definition) is 3. The van der Waals surface area contributed by atoms with Gasteiger partial charge in [0.25, 0.3) is 0 Å². The molecule has 0 saturated carbocycles. The number of carboxylic acid groups (broad SMARTS) is 1. The molecule has 3 aromatic rings. The highest BCUT2D eigenvalue weighted by Crippen LogP contribution is 2.27. The Bertz CT molecular complexity index is 1060. The van der Waals surface area contributed by atoms with Gasteiger partial charge in [0.1, 0.15) is 5.82 Å². The Morgan fingerprint density at radius 2 is 1.82 bits per heavy atom. The van der Waals surface area contributed by atoms with Crippen LogP contribution in [0.15, 0.2) is 42.5 Å². The lowest BCUT2D eigenvalue weighted by Crippen LogP contribution is -2.21. The maximum Gasteiger partial charge on any atom is 0.490 e. The van der Waals surface area contributed by atoms with E-state index >= 15 is 0 Å². The molecular formula is C18H14F3N5O2. The molecule has 4 N–H and O–H groups in total. The molecular weight excluding hydrogens is 375 g/mol. The lowest BCUT2D eigenvalue weighted by molar-refractivity contribution is -0.192. The first-order valence-corrected chi connectivity index (χ1v) is 7.71. The average molecular weight is 389 g/mol. The number of nitrogen functional groups attached to an aromatic ring is 1. The number of aromatic nitrogens is 2. The molecule has 10 heteroatoms. The zero-order valence-corrected chi connectivity index (χ0v) is 14.4. The summed E-state index contributed by atoms with van der Waals surface area (Å²) in [5, 5.41) is 20.0. The van der Waals surface area contributed by atoms with Gasteiger partial charge < -0.3 is 16.2 Å². The molecule has 0 atom stereocenters. The second-order valence-electron chi connectivity index (χ2n) is 5.41. The van der Waals surface area contributed by atoms with Crippen molar-refractivity contribution < 1.29 is 23.1 Å². The summed E-state index contributed by atoms with van der Waals surface area (Å²) in [5.41, 5.74) is 9.09. The van der Waals surface area contributed by atoms with E-state index in [1.54, 1.807) is 13.1 Å². The predicted octanol–water partition coefficient (Wildman–Crippen LogP) is 3.43. The number of nitrogens with zero attached hydrogens (tertiary/aromatic N) is 3. The van der Waals surface area contributed by atoms with E-state index in [4.69, 9.17) is 20.9 Å². The van der Waals surface area contributed by atoms with Crippen molar-refractivity contribution in [3.63, 3.8) is 0 Å². The van der Waals surface area contributed by atoms with Gasteiger partial charge in [-0.2, -0.15) is 23.4 Å². The van der Waals surface area contributed by atoms with Crippen LogP contribution >= 0.6 is 0 Å². The van der Waals surface area contributed by atoms with Crippen LogP contribution in [0.4, 0.5) is 24.9 Å². The molecule has 0 fully saturated rings. The number of nitrogens with one attached hydrogen (secondary N) is 1. The van der Waals surface area contributed by atoms with Gasteiger partial charge in [0.05, 0.1) is 17.1 Å². The number of hydrogen-bond acceptors (Lipinski definition) is 6. The maximum absolute atomic E-state index is 10.6. The third-order valence-corrected chi connectivity index (χ3v) is 3.52. The van der Waals surface area contributed by atoms with E-state index in [1.165, 1.54) is 0 Å². The van der Waals surface area contributed by atoms with Crippen molar-refractivity contribution in [3.8, 4) is 17.2 Å². The van der Waals surface area contributed by atoms with Crippen molar-refractivity contribution in [3.05, 3.63) is 48.0 Å². The van der Waals surface area contributed by atoms with Crippen LogP contribution in [0.3, 0.4) is 0 Å². The number of aliphatic carboxylic acids is 1. The first-order valence-electron chi connectivity index (χ1n) is 7.71. The van der Waals surface area contributed by atoms with Crippen molar-refractivity contribution in [2.75, 3.05) is 18.1 Å². The van der Waals surface area contributed by atoms with Gasteiger partial charge in [0.2, 0.25) is 5.95 Å². The molecule has 7 nitrogen and oxygen atoms in total. The van der Waals surface area contributed by atoms with Gasteiger partial charge in [0.15, 0.2) is 0 Å². The van der Waals surface area contributed by atoms with E-state index in [2.05, 4.69) is 21.4 Å². The molecule has 1 aromatic heterocycles.